The lowest BCUT2D eigenvalue weighted by molar-refractivity contribution is -0.120. The highest BCUT2D eigenvalue weighted by Gasteiger charge is 2.22. The summed E-state index contributed by atoms with van der Waals surface area (Å²) in [5.74, 6) is -0.0164. The smallest absolute Gasteiger partial charge is 0.323 e. The molecule has 1 atom stereocenters. The second-order valence-corrected chi connectivity index (χ2v) is 6.82. The average Bonchev–Trinajstić information content (AvgIpc) is 3.02. The van der Waals surface area contributed by atoms with Crippen LogP contribution in [-0.4, -0.2) is 49.1 Å². The Morgan fingerprint density at radius 3 is 3.09 bits per heavy atom. The lowest BCUT2D eigenvalue weighted by atomic mass is 10.1. The molecule has 0 spiro atoms. The van der Waals surface area contributed by atoms with Crippen molar-refractivity contribution < 1.29 is 9.59 Å². The number of amides is 3. The molecule has 7 nitrogen and oxygen atoms in total. The van der Waals surface area contributed by atoms with Crippen molar-refractivity contribution in [2.75, 3.05) is 31.1 Å². The molecular formula is C15H23N5O2S. The first-order valence-corrected chi connectivity index (χ1v) is 9.10. The van der Waals surface area contributed by atoms with Gasteiger partial charge in [-0.2, -0.15) is 0 Å². The molecule has 126 valence electrons. The van der Waals surface area contributed by atoms with E-state index in [0.717, 1.165) is 25.1 Å². The van der Waals surface area contributed by atoms with Gasteiger partial charge in [0.1, 0.15) is 0 Å². The van der Waals surface area contributed by atoms with Gasteiger partial charge in [0.15, 0.2) is 5.13 Å². The third-order valence-corrected chi connectivity index (χ3v) is 5.06. The molecule has 0 aromatic carbocycles. The van der Waals surface area contributed by atoms with E-state index in [1.807, 2.05) is 5.38 Å². The van der Waals surface area contributed by atoms with E-state index in [4.69, 9.17) is 0 Å². The number of urea groups is 1. The standard InChI is InChI=1S/C15H23N5O2S/c21-13(18-9-11-4-1-2-5-16-11)8-12-10-23-15(19-12)20-7-3-6-17-14(20)22/h10-11,16H,1-9H2,(H,17,22)(H,18,21). The zero-order chi connectivity index (χ0) is 16.1. The first-order chi connectivity index (χ1) is 11.2. The summed E-state index contributed by atoms with van der Waals surface area (Å²) in [4.78, 5) is 29.9. The summed E-state index contributed by atoms with van der Waals surface area (Å²) in [5, 5.41) is 11.7. The fourth-order valence-corrected chi connectivity index (χ4v) is 3.72. The average molecular weight is 337 g/mol. The van der Waals surface area contributed by atoms with E-state index in [9.17, 15) is 9.59 Å². The van der Waals surface area contributed by atoms with Crippen LogP contribution in [0.1, 0.15) is 31.4 Å². The molecule has 1 unspecified atom stereocenters. The number of nitrogens with zero attached hydrogens (tertiary/aromatic N) is 2. The maximum absolute atomic E-state index is 12.0. The Morgan fingerprint density at radius 2 is 2.30 bits per heavy atom. The number of nitrogens with one attached hydrogen (secondary N) is 3. The number of thiazole rings is 1. The van der Waals surface area contributed by atoms with Gasteiger partial charge in [0.2, 0.25) is 5.91 Å². The van der Waals surface area contributed by atoms with E-state index >= 15 is 0 Å². The molecule has 2 aliphatic heterocycles. The Balaban J connectivity index is 1.48. The quantitative estimate of drug-likeness (QED) is 0.744. The lowest BCUT2D eigenvalue weighted by Gasteiger charge is -2.24. The monoisotopic (exact) mass is 337 g/mol. The first-order valence-electron chi connectivity index (χ1n) is 8.22. The Bertz CT molecular complexity index is 556. The SMILES string of the molecule is O=C(Cc1csc(N2CCCNC2=O)n1)NCC1CCCCN1. The van der Waals surface area contributed by atoms with E-state index in [2.05, 4.69) is 20.9 Å². The number of aromatic nitrogens is 1. The molecular weight excluding hydrogens is 314 g/mol. The summed E-state index contributed by atoms with van der Waals surface area (Å²) in [5.41, 5.74) is 0.720. The highest BCUT2D eigenvalue weighted by molar-refractivity contribution is 7.14. The molecule has 8 heteroatoms. The zero-order valence-corrected chi connectivity index (χ0v) is 14.0. The van der Waals surface area contributed by atoms with Crippen LogP contribution in [0, 0.1) is 0 Å². The molecule has 2 aliphatic rings. The van der Waals surface area contributed by atoms with E-state index in [0.29, 0.717) is 30.8 Å². The molecule has 3 rings (SSSR count). The minimum absolute atomic E-state index is 0.0164. The maximum atomic E-state index is 12.0. The summed E-state index contributed by atoms with van der Waals surface area (Å²) in [7, 11) is 0. The van der Waals surface area contributed by atoms with Crippen molar-refractivity contribution in [2.45, 2.75) is 38.1 Å². The van der Waals surface area contributed by atoms with Gasteiger partial charge in [0.05, 0.1) is 12.1 Å². The van der Waals surface area contributed by atoms with Gasteiger partial charge in [-0.1, -0.05) is 6.42 Å². The van der Waals surface area contributed by atoms with Crippen molar-refractivity contribution in [3.8, 4) is 0 Å². The van der Waals surface area contributed by atoms with Gasteiger partial charge < -0.3 is 16.0 Å². The van der Waals surface area contributed by atoms with Crippen LogP contribution in [0.3, 0.4) is 0 Å². The number of hydrogen-bond donors (Lipinski definition) is 3. The fraction of sp³-hybridized carbons (Fsp3) is 0.667. The molecule has 0 aliphatic carbocycles. The number of hydrogen-bond acceptors (Lipinski definition) is 5. The van der Waals surface area contributed by atoms with Crippen LogP contribution in [0.5, 0.6) is 0 Å². The fourth-order valence-electron chi connectivity index (χ4n) is 2.88. The predicted octanol–water partition coefficient (Wildman–Crippen LogP) is 0.864. The minimum Gasteiger partial charge on any atom is -0.354 e. The van der Waals surface area contributed by atoms with E-state index in [1.165, 1.54) is 24.2 Å². The van der Waals surface area contributed by atoms with E-state index < -0.39 is 0 Å². The largest absolute Gasteiger partial charge is 0.354 e. The molecule has 2 saturated heterocycles. The zero-order valence-electron chi connectivity index (χ0n) is 13.1. The predicted molar refractivity (Wildman–Crippen MR) is 89.8 cm³/mol. The van der Waals surface area contributed by atoms with Crippen molar-refractivity contribution in [3.63, 3.8) is 0 Å². The molecule has 0 radical (unpaired) electrons. The van der Waals surface area contributed by atoms with Crippen molar-refractivity contribution in [3.05, 3.63) is 11.1 Å². The maximum Gasteiger partial charge on any atom is 0.323 e. The minimum atomic E-state index is -0.107. The van der Waals surface area contributed by atoms with Gasteiger partial charge >= 0.3 is 6.03 Å². The molecule has 1 aromatic rings. The van der Waals surface area contributed by atoms with Crippen LogP contribution in [0.15, 0.2) is 5.38 Å². The molecule has 3 heterocycles. The summed E-state index contributed by atoms with van der Waals surface area (Å²) >= 11 is 1.41. The van der Waals surface area contributed by atoms with Crippen LogP contribution < -0.4 is 20.9 Å². The molecule has 23 heavy (non-hydrogen) atoms. The third kappa shape index (κ3) is 4.42. The van der Waals surface area contributed by atoms with Gasteiger partial charge in [-0.25, -0.2) is 9.78 Å². The van der Waals surface area contributed by atoms with Crippen LogP contribution in [0.2, 0.25) is 0 Å². The number of piperidine rings is 1. The number of anilines is 1. The topological polar surface area (TPSA) is 86.4 Å². The molecule has 3 N–H and O–H groups in total. The number of carbonyl (C=O) groups is 2. The van der Waals surface area contributed by atoms with Crippen molar-refractivity contribution >= 4 is 28.4 Å². The van der Waals surface area contributed by atoms with E-state index in [-0.39, 0.29) is 18.4 Å². The first kappa shape index (κ1) is 16.2. The highest BCUT2D eigenvalue weighted by Crippen LogP contribution is 2.22. The van der Waals surface area contributed by atoms with E-state index in [1.54, 1.807) is 4.90 Å². The van der Waals surface area contributed by atoms with Crippen molar-refractivity contribution in [1.82, 2.24) is 20.9 Å². The number of rotatable bonds is 5. The second-order valence-electron chi connectivity index (χ2n) is 5.99. The second kappa shape index (κ2) is 7.74. The molecule has 0 saturated carbocycles. The van der Waals surface area contributed by atoms with Gasteiger partial charge in [-0.15, -0.1) is 11.3 Å². The van der Waals surface area contributed by atoms with Crippen LogP contribution >= 0.6 is 11.3 Å². The lowest BCUT2D eigenvalue weighted by Crippen LogP contribution is -2.46. The number of carbonyl (C=O) groups excluding carboxylic acids is 2. The summed E-state index contributed by atoms with van der Waals surface area (Å²) in [6, 6.07) is 0.278. The van der Waals surface area contributed by atoms with Crippen LogP contribution in [-0.2, 0) is 11.2 Å². The Labute approximate surface area is 139 Å². The van der Waals surface area contributed by atoms with Gasteiger partial charge in [0.25, 0.3) is 0 Å². The Morgan fingerprint density at radius 1 is 1.39 bits per heavy atom. The normalized spacial score (nSPS) is 21.8. The van der Waals surface area contributed by atoms with Crippen molar-refractivity contribution in [1.29, 1.82) is 0 Å². The van der Waals surface area contributed by atoms with Crippen LogP contribution in [0.25, 0.3) is 0 Å². The molecule has 1 aromatic heterocycles. The van der Waals surface area contributed by atoms with Gasteiger partial charge in [-0.05, 0) is 25.8 Å². The summed E-state index contributed by atoms with van der Waals surface area (Å²) < 4.78 is 0. The molecule has 3 amide bonds. The summed E-state index contributed by atoms with van der Waals surface area (Å²) in [6.07, 6.45) is 4.73. The molecule has 2 fully saturated rings. The molecule has 0 bridgehead atoms. The van der Waals surface area contributed by atoms with Gasteiger partial charge in [0, 0.05) is 31.1 Å². The van der Waals surface area contributed by atoms with Gasteiger partial charge in [-0.3, -0.25) is 9.69 Å². The Kier molecular flexibility index (Phi) is 5.45. The Hall–Kier alpha value is -1.67. The van der Waals surface area contributed by atoms with Crippen molar-refractivity contribution in [2.24, 2.45) is 0 Å². The van der Waals surface area contributed by atoms with Crippen LogP contribution in [0.4, 0.5) is 9.93 Å². The summed E-state index contributed by atoms with van der Waals surface area (Å²) in [6.45, 7) is 3.10. The third-order valence-electron chi connectivity index (χ3n) is 4.15. The highest BCUT2D eigenvalue weighted by atomic mass is 32.1.